The molecule has 1 amide bonds. The zero-order chi connectivity index (χ0) is 21.6. The van der Waals surface area contributed by atoms with Crippen LogP contribution in [-0.4, -0.2) is 38.8 Å². The molecule has 29 heavy (non-hydrogen) atoms. The largest absolute Gasteiger partial charge is 0.348 e. The van der Waals surface area contributed by atoms with Crippen molar-refractivity contribution in [1.82, 2.24) is 10.3 Å². The lowest BCUT2D eigenvalue weighted by Crippen LogP contribution is -2.25. The zero-order valence-corrected chi connectivity index (χ0v) is 17.1. The van der Waals surface area contributed by atoms with Crippen LogP contribution in [0.15, 0.2) is 70.5 Å². The third-order valence-corrected chi connectivity index (χ3v) is 5.28. The molecular formula is C21H22FN3O3S. The first-order valence-corrected chi connectivity index (χ1v) is 10.6. The summed E-state index contributed by atoms with van der Waals surface area (Å²) >= 11 is 0. The van der Waals surface area contributed by atoms with Gasteiger partial charge in [0.1, 0.15) is 5.83 Å². The van der Waals surface area contributed by atoms with Gasteiger partial charge in [-0.05, 0) is 55.1 Å². The number of allylic oxidation sites excluding steroid dienone is 2. The van der Waals surface area contributed by atoms with E-state index in [9.17, 15) is 17.6 Å². The van der Waals surface area contributed by atoms with E-state index in [1.54, 1.807) is 31.2 Å². The molecule has 1 heterocycles. The molecule has 0 aliphatic carbocycles. The van der Waals surface area contributed by atoms with Crippen LogP contribution in [0.5, 0.6) is 0 Å². The number of hydrogen-bond acceptors (Lipinski definition) is 5. The Bertz CT molecular complexity index is 1090. The smallest absolute Gasteiger partial charge is 0.251 e. The molecule has 0 saturated carbocycles. The van der Waals surface area contributed by atoms with E-state index in [1.807, 2.05) is 0 Å². The molecule has 0 aliphatic heterocycles. The fourth-order valence-electron chi connectivity index (χ4n) is 2.59. The van der Waals surface area contributed by atoms with E-state index in [0.717, 1.165) is 12.3 Å². The lowest BCUT2D eigenvalue weighted by molar-refractivity contribution is 0.0956. The average Bonchev–Trinajstić information content (AvgIpc) is 2.70. The van der Waals surface area contributed by atoms with E-state index in [1.165, 1.54) is 12.3 Å². The van der Waals surface area contributed by atoms with Crippen molar-refractivity contribution in [3.05, 3.63) is 77.4 Å². The van der Waals surface area contributed by atoms with Gasteiger partial charge in [0.15, 0.2) is 9.84 Å². The number of hydrogen-bond donors (Lipinski definition) is 1. The minimum Gasteiger partial charge on any atom is -0.348 e. The second-order valence-electron chi connectivity index (χ2n) is 6.46. The molecule has 0 unspecified atom stereocenters. The molecule has 0 fully saturated rings. The van der Waals surface area contributed by atoms with Crippen LogP contribution in [0.2, 0.25) is 0 Å². The summed E-state index contributed by atoms with van der Waals surface area (Å²) in [5, 5.41) is 2.64. The lowest BCUT2D eigenvalue weighted by atomic mass is 10.1. The highest BCUT2D eigenvalue weighted by atomic mass is 32.2. The van der Waals surface area contributed by atoms with Gasteiger partial charge in [-0.15, -0.1) is 0 Å². The van der Waals surface area contributed by atoms with Gasteiger partial charge in [0.2, 0.25) is 0 Å². The summed E-state index contributed by atoms with van der Waals surface area (Å²) in [6, 6.07) is 8.00. The summed E-state index contributed by atoms with van der Waals surface area (Å²) in [4.78, 5) is 20.4. The van der Waals surface area contributed by atoms with Gasteiger partial charge >= 0.3 is 0 Å². The Morgan fingerprint density at radius 3 is 2.66 bits per heavy atom. The Labute approximate surface area is 169 Å². The summed E-state index contributed by atoms with van der Waals surface area (Å²) in [7, 11) is -3.47. The second-order valence-corrected chi connectivity index (χ2v) is 8.44. The van der Waals surface area contributed by atoms with Crippen LogP contribution < -0.4 is 5.32 Å². The van der Waals surface area contributed by atoms with Crippen LogP contribution in [0.25, 0.3) is 0 Å². The molecule has 0 spiro atoms. The van der Waals surface area contributed by atoms with E-state index in [2.05, 4.69) is 28.6 Å². The predicted molar refractivity (Wildman–Crippen MR) is 112 cm³/mol. The Hall–Kier alpha value is -3.13. The molecule has 2 aromatic rings. The SMILES string of the molecule is C=C/C(F)=C(\C)CNC(=O)c1ccnc(Cc2ccc(N=C)c(S(C)(=O)=O)c2)c1. The van der Waals surface area contributed by atoms with Crippen molar-refractivity contribution in [3.63, 3.8) is 0 Å². The minimum absolute atomic E-state index is 0.0576. The lowest BCUT2D eigenvalue weighted by Gasteiger charge is -2.09. The molecule has 1 aromatic heterocycles. The molecule has 152 valence electrons. The Balaban J connectivity index is 2.21. The fourth-order valence-corrected chi connectivity index (χ4v) is 3.47. The van der Waals surface area contributed by atoms with Crippen molar-refractivity contribution in [3.8, 4) is 0 Å². The Morgan fingerprint density at radius 2 is 2.03 bits per heavy atom. The molecular weight excluding hydrogens is 393 g/mol. The van der Waals surface area contributed by atoms with Crippen LogP contribution in [0, 0.1) is 0 Å². The van der Waals surface area contributed by atoms with Crippen LogP contribution in [0.1, 0.15) is 28.5 Å². The number of carbonyl (C=O) groups is 1. The second kappa shape index (κ2) is 9.38. The van der Waals surface area contributed by atoms with Gasteiger partial charge in [-0.1, -0.05) is 12.6 Å². The summed E-state index contributed by atoms with van der Waals surface area (Å²) < 4.78 is 37.3. The first-order valence-electron chi connectivity index (χ1n) is 8.66. The summed E-state index contributed by atoms with van der Waals surface area (Å²) in [5.41, 5.74) is 2.31. The third kappa shape index (κ3) is 5.92. The van der Waals surface area contributed by atoms with Crippen LogP contribution in [0.4, 0.5) is 10.1 Å². The van der Waals surface area contributed by atoms with Gasteiger partial charge in [0.05, 0.1) is 10.6 Å². The Kier molecular flexibility index (Phi) is 7.17. The summed E-state index contributed by atoms with van der Waals surface area (Å²) in [6.07, 6.45) is 4.01. The highest BCUT2D eigenvalue weighted by Crippen LogP contribution is 2.26. The third-order valence-electron chi connectivity index (χ3n) is 4.16. The molecule has 1 N–H and O–H groups in total. The highest BCUT2D eigenvalue weighted by Gasteiger charge is 2.14. The number of aliphatic imine (C=N–C) groups is 1. The summed E-state index contributed by atoms with van der Waals surface area (Å²) in [5.74, 6) is -0.840. The summed E-state index contributed by atoms with van der Waals surface area (Å²) in [6.45, 7) is 8.37. The number of nitrogens with one attached hydrogen (secondary N) is 1. The normalized spacial score (nSPS) is 12.1. The maximum atomic E-state index is 13.4. The number of benzene rings is 1. The van der Waals surface area contributed by atoms with Gasteiger partial charge in [-0.2, -0.15) is 0 Å². The number of carbonyl (C=O) groups excluding carboxylic acids is 1. The number of pyridine rings is 1. The predicted octanol–water partition coefficient (Wildman–Crippen LogP) is 3.57. The van der Waals surface area contributed by atoms with Gasteiger partial charge in [0, 0.05) is 36.7 Å². The fraction of sp³-hybridized carbons (Fsp3) is 0.190. The zero-order valence-electron chi connectivity index (χ0n) is 16.3. The van der Waals surface area contributed by atoms with E-state index >= 15 is 0 Å². The van der Waals surface area contributed by atoms with Crippen molar-refractivity contribution in [2.24, 2.45) is 4.99 Å². The molecule has 1 aromatic carbocycles. The molecule has 2 rings (SSSR count). The van der Waals surface area contributed by atoms with Crippen LogP contribution >= 0.6 is 0 Å². The monoisotopic (exact) mass is 415 g/mol. The van der Waals surface area contributed by atoms with Crippen molar-refractivity contribution in [1.29, 1.82) is 0 Å². The van der Waals surface area contributed by atoms with Gasteiger partial charge in [0.25, 0.3) is 5.91 Å². The topological polar surface area (TPSA) is 88.5 Å². The number of aromatic nitrogens is 1. The molecule has 0 aliphatic rings. The maximum absolute atomic E-state index is 13.4. The standard InChI is InChI=1S/C21H22FN3O3S/c1-5-18(22)14(2)13-25-21(26)16-8-9-24-17(12-16)10-15-6-7-19(23-3)20(11-15)29(4,27)28/h5-9,11-12H,1,3,10,13H2,2,4H3,(H,25,26)/b18-14-. The van der Waals surface area contributed by atoms with E-state index in [4.69, 9.17) is 0 Å². The molecule has 8 heteroatoms. The molecule has 0 radical (unpaired) electrons. The van der Waals surface area contributed by atoms with Gasteiger partial charge < -0.3 is 5.32 Å². The maximum Gasteiger partial charge on any atom is 0.251 e. The van der Waals surface area contributed by atoms with E-state index < -0.39 is 15.7 Å². The number of sulfone groups is 1. The van der Waals surface area contributed by atoms with Crippen molar-refractivity contribution < 1.29 is 17.6 Å². The van der Waals surface area contributed by atoms with Gasteiger partial charge in [-0.25, -0.2) is 12.8 Å². The van der Waals surface area contributed by atoms with Crippen molar-refractivity contribution in [2.75, 3.05) is 12.8 Å². The van der Waals surface area contributed by atoms with Crippen molar-refractivity contribution >= 4 is 28.1 Å². The molecule has 0 saturated heterocycles. The number of amides is 1. The van der Waals surface area contributed by atoms with E-state index in [-0.39, 0.29) is 23.0 Å². The van der Waals surface area contributed by atoms with Crippen LogP contribution in [0.3, 0.4) is 0 Å². The highest BCUT2D eigenvalue weighted by molar-refractivity contribution is 7.90. The molecule has 6 nitrogen and oxygen atoms in total. The first kappa shape index (κ1) is 22.2. The average molecular weight is 415 g/mol. The quantitative estimate of drug-likeness (QED) is 0.527. The Morgan fingerprint density at radius 1 is 1.31 bits per heavy atom. The van der Waals surface area contributed by atoms with Crippen molar-refractivity contribution in [2.45, 2.75) is 18.2 Å². The first-order chi connectivity index (χ1) is 13.7. The van der Waals surface area contributed by atoms with Gasteiger partial charge in [-0.3, -0.25) is 14.8 Å². The minimum atomic E-state index is -3.47. The molecule has 0 bridgehead atoms. The number of halogens is 1. The number of nitrogens with zero attached hydrogens (tertiary/aromatic N) is 2. The number of rotatable bonds is 8. The molecule has 0 atom stereocenters. The van der Waals surface area contributed by atoms with Crippen LogP contribution in [-0.2, 0) is 16.3 Å². The van der Waals surface area contributed by atoms with E-state index in [0.29, 0.717) is 28.8 Å².